The lowest BCUT2D eigenvalue weighted by atomic mass is 9.93. The number of likely N-dealkylation sites (tertiary alicyclic amines) is 1. The van der Waals surface area contributed by atoms with Crippen molar-refractivity contribution in [2.75, 3.05) is 18.4 Å². The first-order valence-corrected chi connectivity index (χ1v) is 8.24. The number of para-hydroxylation sites is 1. The van der Waals surface area contributed by atoms with Crippen molar-refractivity contribution in [2.45, 2.75) is 18.5 Å². The average Bonchev–Trinajstić information content (AvgIpc) is 2.62. The van der Waals surface area contributed by atoms with E-state index < -0.39 is 5.66 Å². The lowest BCUT2D eigenvalue weighted by Crippen LogP contribution is -2.52. The normalized spacial score (nSPS) is 17.8. The van der Waals surface area contributed by atoms with Crippen LogP contribution in [0.25, 0.3) is 0 Å². The van der Waals surface area contributed by atoms with Gasteiger partial charge in [-0.15, -0.1) is 12.4 Å². The fourth-order valence-electron chi connectivity index (χ4n) is 3.46. The van der Waals surface area contributed by atoms with Crippen molar-refractivity contribution in [3.63, 3.8) is 0 Å². The number of nitrogens with zero attached hydrogens (tertiary/aromatic N) is 2. The third kappa shape index (κ3) is 3.20. The highest BCUT2D eigenvalue weighted by atomic mass is 35.5. The molecule has 0 bridgehead atoms. The molecule has 2 aliphatic heterocycles. The van der Waals surface area contributed by atoms with Crippen molar-refractivity contribution in [1.29, 1.82) is 0 Å². The molecule has 2 heterocycles. The third-order valence-electron chi connectivity index (χ3n) is 4.80. The molecule has 0 aliphatic carbocycles. The number of anilines is 1. The van der Waals surface area contributed by atoms with Crippen LogP contribution in [-0.4, -0.2) is 35.4 Å². The predicted molar refractivity (Wildman–Crippen MR) is 102 cm³/mol. The molecule has 1 fully saturated rings. The molecule has 130 valence electrons. The van der Waals surface area contributed by atoms with Crippen molar-refractivity contribution in [1.82, 2.24) is 4.90 Å². The Balaban J connectivity index is 0.00000182. The molecule has 4 rings (SSSR count). The van der Waals surface area contributed by atoms with Gasteiger partial charge < -0.3 is 16.0 Å². The number of hydrogen-bond donors (Lipinski definition) is 2. The van der Waals surface area contributed by atoms with Crippen molar-refractivity contribution in [3.05, 3.63) is 65.7 Å². The van der Waals surface area contributed by atoms with E-state index in [1.165, 1.54) is 0 Å². The molecule has 5 nitrogen and oxygen atoms in total. The summed E-state index contributed by atoms with van der Waals surface area (Å²) in [7, 11) is 0. The minimum absolute atomic E-state index is 0. The average molecular weight is 357 g/mol. The Bertz CT molecular complexity index is 798. The second-order valence-electron chi connectivity index (χ2n) is 6.36. The van der Waals surface area contributed by atoms with Gasteiger partial charge in [-0.05, 0) is 24.3 Å². The van der Waals surface area contributed by atoms with Crippen LogP contribution in [0.4, 0.5) is 5.69 Å². The number of benzene rings is 2. The zero-order valence-corrected chi connectivity index (χ0v) is 14.6. The second kappa shape index (κ2) is 6.76. The van der Waals surface area contributed by atoms with Gasteiger partial charge in [0.25, 0.3) is 5.91 Å². The number of nitrogens with one attached hydrogen (secondary N) is 1. The largest absolute Gasteiger partial charge is 0.383 e. The van der Waals surface area contributed by atoms with Crippen LogP contribution in [0.15, 0.2) is 59.6 Å². The number of amidine groups is 1. The number of piperidine rings is 1. The van der Waals surface area contributed by atoms with Crippen molar-refractivity contribution < 1.29 is 4.79 Å². The summed E-state index contributed by atoms with van der Waals surface area (Å²) < 4.78 is 0. The molecule has 0 saturated carbocycles. The topological polar surface area (TPSA) is 70.7 Å². The SMILES string of the molecule is Cl.NC1=NC2(CCN(C(=O)c3ccccc3)CC2)Nc2ccccc21. The fraction of sp³-hybridized carbons (Fsp3) is 0.263. The molecule has 2 aromatic carbocycles. The summed E-state index contributed by atoms with van der Waals surface area (Å²) in [4.78, 5) is 19.2. The van der Waals surface area contributed by atoms with Gasteiger partial charge in [-0.1, -0.05) is 30.3 Å². The van der Waals surface area contributed by atoms with E-state index >= 15 is 0 Å². The van der Waals surface area contributed by atoms with Gasteiger partial charge in [0, 0.05) is 42.7 Å². The van der Waals surface area contributed by atoms with E-state index in [9.17, 15) is 4.79 Å². The van der Waals surface area contributed by atoms with Crippen LogP contribution in [0, 0.1) is 0 Å². The molecular formula is C19H21ClN4O. The fourth-order valence-corrected chi connectivity index (χ4v) is 3.46. The molecule has 0 aromatic heterocycles. The van der Waals surface area contributed by atoms with E-state index in [0.29, 0.717) is 18.9 Å². The highest BCUT2D eigenvalue weighted by molar-refractivity contribution is 6.04. The maximum Gasteiger partial charge on any atom is 0.253 e. The smallest absolute Gasteiger partial charge is 0.253 e. The Labute approximate surface area is 153 Å². The third-order valence-corrected chi connectivity index (χ3v) is 4.80. The summed E-state index contributed by atoms with van der Waals surface area (Å²) in [6, 6.07) is 17.4. The van der Waals surface area contributed by atoms with Gasteiger partial charge in [0.1, 0.15) is 11.5 Å². The summed E-state index contributed by atoms with van der Waals surface area (Å²) in [5, 5.41) is 3.54. The number of nitrogens with two attached hydrogens (primary N) is 1. The monoisotopic (exact) mass is 356 g/mol. The molecule has 0 atom stereocenters. The predicted octanol–water partition coefficient (Wildman–Crippen LogP) is 2.87. The van der Waals surface area contributed by atoms with E-state index in [4.69, 9.17) is 10.7 Å². The molecule has 2 aliphatic rings. The van der Waals surface area contributed by atoms with E-state index in [0.717, 1.165) is 29.7 Å². The Kier molecular flexibility index (Phi) is 4.68. The first-order chi connectivity index (χ1) is 11.7. The second-order valence-corrected chi connectivity index (χ2v) is 6.36. The number of fused-ring (bicyclic) bond motifs is 1. The first-order valence-electron chi connectivity index (χ1n) is 8.24. The maximum absolute atomic E-state index is 12.6. The summed E-state index contributed by atoms with van der Waals surface area (Å²) in [6.45, 7) is 1.33. The van der Waals surface area contributed by atoms with Gasteiger partial charge in [0.05, 0.1) is 0 Å². The molecular weight excluding hydrogens is 336 g/mol. The Morgan fingerprint density at radius 2 is 1.68 bits per heavy atom. The van der Waals surface area contributed by atoms with E-state index in [-0.39, 0.29) is 18.3 Å². The number of carbonyl (C=O) groups is 1. The minimum atomic E-state index is -0.397. The van der Waals surface area contributed by atoms with Crippen LogP contribution in [-0.2, 0) is 0 Å². The van der Waals surface area contributed by atoms with Crippen LogP contribution in [0.2, 0.25) is 0 Å². The van der Waals surface area contributed by atoms with Gasteiger partial charge in [-0.2, -0.15) is 0 Å². The molecule has 1 spiro atoms. The number of aliphatic imine (C=N–C) groups is 1. The van der Waals surface area contributed by atoms with Crippen LogP contribution in [0.3, 0.4) is 0 Å². The summed E-state index contributed by atoms with van der Waals surface area (Å²) in [5.41, 5.74) is 8.48. The molecule has 0 unspecified atom stereocenters. The highest BCUT2D eigenvalue weighted by Gasteiger charge is 2.38. The van der Waals surface area contributed by atoms with Gasteiger partial charge in [0.2, 0.25) is 0 Å². The number of carbonyl (C=O) groups excluding carboxylic acids is 1. The molecule has 1 amide bonds. The maximum atomic E-state index is 12.6. The minimum Gasteiger partial charge on any atom is -0.383 e. The summed E-state index contributed by atoms with van der Waals surface area (Å²) in [6.07, 6.45) is 1.50. The molecule has 1 saturated heterocycles. The van der Waals surface area contributed by atoms with E-state index in [1.807, 2.05) is 59.5 Å². The number of hydrogen-bond acceptors (Lipinski definition) is 4. The van der Waals surface area contributed by atoms with E-state index in [1.54, 1.807) is 0 Å². The van der Waals surface area contributed by atoms with Crippen molar-refractivity contribution in [3.8, 4) is 0 Å². The summed E-state index contributed by atoms with van der Waals surface area (Å²) >= 11 is 0. The summed E-state index contributed by atoms with van der Waals surface area (Å²) in [5.74, 6) is 0.658. The van der Waals surface area contributed by atoms with E-state index in [2.05, 4.69) is 5.32 Å². The van der Waals surface area contributed by atoms with Gasteiger partial charge in [-0.25, -0.2) is 4.99 Å². The van der Waals surface area contributed by atoms with Crippen LogP contribution in [0.5, 0.6) is 0 Å². The highest BCUT2D eigenvalue weighted by Crippen LogP contribution is 2.34. The standard InChI is InChI=1S/C19H20N4O.ClH/c20-17-15-8-4-5-9-16(15)21-19(22-17)10-12-23(13-11-19)18(24)14-6-2-1-3-7-14;/h1-9,21H,10-13H2,(H2,20,22);1H. The van der Waals surface area contributed by atoms with Gasteiger partial charge >= 0.3 is 0 Å². The molecule has 25 heavy (non-hydrogen) atoms. The molecule has 2 aromatic rings. The zero-order valence-electron chi connectivity index (χ0n) is 13.8. The number of rotatable bonds is 1. The Morgan fingerprint density at radius 3 is 2.40 bits per heavy atom. The van der Waals surface area contributed by atoms with Crippen LogP contribution in [0.1, 0.15) is 28.8 Å². The molecule has 3 N–H and O–H groups in total. The lowest BCUT2D eigenvalue weighted by Gasteiger charge is -2.42. The van der Waals surface area contributed by atoms with Crippen molar-refractivity contribution >= 4 is 29.8 Å². The first kappa shape index (κ1) is 17.3. The number of amides is 1. The lowest BCUT2D eigenvalue weighted by molar-refractivity contribution is 0.0685. The molecule has 6 heteroatoms. The Hall–Kier alpha value is -2.53. The van der Waals surface area contributed by atoms with Crippen LogP contribution >= 0.6 is 12.4 Å². The van der Waals surface area contributed by atoms with Gasteiger partial charge in [0.15, 0.2) is 0 Å². The zero-order chi connectivity index (χ0) is 16.6. The molecule has 0 radical (unpaired) electrons. The Morgan fingerprint density at radius 1 is 1.04 bits per heavy atom. The van der Waals surface area contributed by atoms with Crippen LogP contribution < -0.4 is 11.1 Å². The van der Waals surface area contributed by atoms with Gasteiger partial charge in [-0.3, -0.25) is 4.79 Å². The quantitative estimate of drug-likeness (QED) is 0.825. The number of halogens is 1. The van der Waals surface area contributed by atoms with Crippen molar-refractivity contribution in [2.24, 2.45) is 10.7 Å².